The molecule has 0 aliphatic heterocycles. The highest BCUT2D eigenvalue weighted by Crippen LogP contribution is 2.18. The molecule has 0 bridgehead atoms. The van der Waals surface area contributed by atoms with Crippen LogP contribution in [0.3, 0.4) is 0 Å². The summed E-state index contributed by atoms with van der Waals surface area (Å²) in [6.45, 7) is 0. The van der Waals surface area contributed by atoms with E-state index in [1.54, 1.807) is 6.07 Å². The average Bonchev–Trinajstić information content (AvgIpc) is 2.29. The summed E-state index contributed by atoms with van der Waals surface area (Å²) in [7, 11) is 0. The van der Waals surface area contributed by atoms with Gasteiger partial charge in [-0.25, -0.2) is 9.59 Å². The van der Waals surface area contributed by atoms with Gasteiger partial charge in [0, 0.05) is 0 Å². The molecule has 3 rings (SSSR count). The number of hydrogen-bond acceptors (Lipinski definition) is 5. The van der Waals surface area contributed by atoms with Crippen LogP contribution in [0.4, 0.5) is 0 Å². The van der Waals surface area contributed by atoms with Gasteiger partial charge in [-0.05, 0) is 12.1 Å². The van der Waals surface area contributed by atoms with E-state index in [-0.39, 0.29) is 10.8 Å². The second kappa shape index (κ2) is 1.82. The van der Waals surface area contributed by atoms with Gasteiger partial charge in [-0.2, -0.15) is 0 Å². The van der Waals surface area contributed by atoms with Crippen LogP contribution >= 0.6 is 0 Å². The molecule has 62 valence electrons. The Bertz CT molecular complexity index is 688. The normalized spacial score (nSPS) is 11.7. The van der Waals surface area contributed by atoms with Gasteiger partial charge in [0.05, 0.1) is 5.39 Å². The van der Waals surface area contributed by atoms with Gasteiger partial charge < -0.3 is 4.42 Å². The number of benzene rings is 1. The Morgan fingerprint density at radius 3 is 2.62 bits per heavy atom. The van der Waals surface area contributed by atoms with Crippen molar-refractivity contribution in [1.29, 1.82) is 0 Å². The third-order valence-electron chi connectivity index (χ3n) is 2.02. The summed E-state index contributed by atoms with van der Waals surface area (Å²) in [5.74, 6) is 0. The minimum Gasteiger partial charge on any atom is -0.386 e. The van der Waals surface area contributed by atoms with Crippen LogP contribution < -0.4 is 11.3 Å². The molecule has 0 amide bonds. The van der Waals surface area contributed by atoms with Crippen molar-refractivity contribution in [2.75, 3.05) is 0 Å². The molecule has 0 N–H and O–H groups in total. The number of fused-ring (bicyclic) bond motifs is 3. The van der Waals surface area contributed by atoms with E-state index in [9.17, 15) is 9.59 Å². The van der Waals surface area contributed by atoms with Crippen LogP contribution in [-0.4, -0.2) is 10.2 Å². The van der Waals surface area contributed by atoms with Gasteiger partial charge in [0.15, 0.2) is 0 Å². The number of rotatable bonds is 0. The Morgan fingerprint density at radius 1 is 1.08 bits per heavy atom. The maximum atomic E-state index is 11.1. The predicted octanol–water partition coefficient (Wildman–Crippen LogP) is -0.0280. The Hall–Kier alpha value is -2.04. The first kappa shape index (κ1) is 6.47. The third kappa shape index (κ3) is 0.618. The molecule has 0 saturated carbocycles. The van der Waals surface area contributed by atoms with Gasteiger partial charge in [0.25, 0.3) is 0 Å². The van der Waals surface area contributed by atoms with Gasteiger partial charge >= 0.3 is 11.3 Å². The van der Waals surface area contributed by atoms with Crippen LogP contribution in [0.25, 0.3) is 21.8 Å². The maximum absolute atomic E-state index is 11.1. The van der Waals surface area contributed by atoms with Crippen molar-refractivity contribution >= 4 is 21.8 Å². The number of aromatic nitrogens is 2. The van der Waals surface area contributed by atoms with E-state index < -0.39 is 11.3 Å². The Kier molecular flexibility index (Phi) is 0.906. The molecular weight excluding hydrogens is 172 g/mol. The lowest BCUT2D eigenvalue weighted by molar-refractivity contribution is 0.500. The maximum Gasteiger partial charge on any atom is 0.349 e. The van der Waals surface area contributed by atoms with Gasteiger partial charge in [-0.3, -0.25) is 0 Å². The fraction of sp³-hybridized carbons (Fsp3) is 0. The molecule has 2 aromatic heterocycles. The van der Waals surface area contributed by atoms with E-state index in [1.165, 1.54) is 6.07 Å². The summed E-state index contributed by atoms with van der Waals surface area (Å²) in [6.07, 6.45) is 0. The van der Waals surface area contributed by atoms with Crippen molar-refractivity contribution in [2.45, 2.75) is 0 Å². The molecule has 0 aliphatic carbocycles. The minimum absolute atomic E-state index is 0.248. The molecule has 0 saturated heterocycles. The minimum atomic E-state index is -0.629. The first-order chi connectivity index (χ1) is 6.27. The molecular formula is C8H2N2O3. The van der Waals surface area contributed by atoms with E-state index in [0.717, 1.165) is 0 Å². The molecule has 13 heavy (non-hydrogen) atoms. The molecule has 0 fully saturated rings. The Morgan fingerprint density at radius 2 is 1.92 bits per heavy atom. The fourth-order valence-electron chi connectivity index (χ4n) is 1.39. The van der Waals surface area contributed by atoms with Crippen molar-refractivity contribution in [2.24, 2.45) is 0 Å². The zero-order chi connectivity index (χ0) is 9.00. The van der Waals surface area contributed by atoms with Crippen molar-refractivity contribution in [3.05, 3.63) is 33.0 Å². The molecule has 5 nitrogen and oxygen atoms in total. The lowest BCUT2D eigenvalue weighted by Gasteiger charge is -1.95. The first-order valence-corrected chi connectivity index (χ1v) is 3.62. The lowest BCUT2D eigenvalue weighted by atomic mass is 10.2. The summed E-state index contributed by atoms with van der Waals surface area (Å²) in [5.41, 5.74) is -0.140. The quantitative estimate of drug-likeness (QED) is 0.478. The van der Waals surface area contributed by atoms with E-state index in [2.05, 4.69) is 14.6 Å². The van der Waals surface area contributed by atoms with Gasteiger partial charge in [-0.1, -0.05) is 0 Å². The average molecular weight is 174 g/mol. The molecule has 1 aromatic carbocycles. The van der Waals surface area contributed by atoms with E-state index >= 15 is 0 Å². The van der Waals surface area contributed by atoms with Crippen LogP contribution in [0.1, 0.15) is 0 Å². The van der Waals surface area contributed by atoms with E-state index in [0.29, 0.717) is 11.0 Å². The molecule has 0 spiro atoms. The Labute approximate surface area is 70.3 Å². The third-order valence-corrected chi connectivity index (χ3v) is 2.02. The van der Waals surface area contributed by atoms with Gasteiger partial charge in [0.2, 0.25) is 0 Å². The molecule has 5 heteroatoms. The second-order valence-electron chi connectivity index (χ2n) is 2.73. The van der Waals surface area contributed by atoms with Crippen LogP contribution in [0.2, 0.25) is 0 Å². The Balaban J connectivity index is 2.81. The number of hydrogen-bond donors (Lipinski definition) is 0. The number of nitrogens with zero attached hydrogens (tertiary/aromatic N) is 2. The zero-order valence-corrected chi connectivity index (χ0v) is 6.27. The molecule has 0 radical (unpaired) electrons. The van der Waals surface area contributed by atoms with Crippen LogP contribution in [0.15, 0.2) is 26.1 Å². The van der Waals surface area contributed by atoms with E-state index in [4.69, 9.17) is 0 Å². The topological polar surface area (TPSA) is 73.1 Å². The molecule has 3 aromatic rings. The highest BCUT2D eigenvalue weighted by molar-refractivity contribution is 6.03. The summed E-state index contributed by atoms with van der Waals surface area (Å²) in [5, 5.41) is 7.86. The van der Waals surface area contributed by atoms with Crippen molar-refractivity contribution in [1.82, 2.24) is 10.2 Å². The monoisotopic (exact) mass is 174 g/mol. The van der Waals surface area contributed by atoms with Crippen molar-refractivity contribution in [3.63, 3.8) is 0 Å². The highest BCUT2D eigenvalue weighted by atomic mass is 16.4. The van der Waals surface area contributed by atoms with Gasteiger partial charge in [0.1, 0.15) is 16.4 Å². The lowest BCUT2D eigenvalue weighted by Crippen LogP contribution is -1.98. The fourth-order valence-corrected chi connectivity index (χ4v) is 1.39. The highest BCUT2D eigenvalue weighted by Gasteiger charge is 2.15. The molecule has 0 aliphatic rings. The van der Waals surface area contributed by atoms with E-state index in [1.807, 2.05) is 0 Å². The van der Waals surface area contributed by atoms with Crippen molar-refractivity contribution < 1.29 is 4.42 Å². The zero-order valence-electron chi connectivity index (χ0n) is 6.27. The second-order valence-corrected chi connectivity index (χ2v) is 2.73. The molecule has 2 heterocycles. The molecule has 0 atom stereocenters. The summed E-state index contributed by atoms with van der Waals surface area (Å²) in [6, 6.07) is 3.17. The molecule has 0 unspecified atom stereocenters. The first-order valence-electron chi connectivity index (χ1n) is 3.62. The predicted molar refractivity (Wildman–Crippen MR) is 44.2 cm³/mol. The van der Waals surface area contributed by atoms with Crippen molar-refractivity contribution in [3.8, 4) is 0 Å². The standard InChI is InChI=1S/C8H2N2O3/c11-7-3-1-2-4-6(10-9-4)5(3)8(12)13-7/h1-2H. The summed E-state index contributed by atoms with van der Waals surface area (Å²) in [4.78, 5) is 22.2. The van der Waals surface area contributed by atoms with Gasteiger partial charge in [-0.15, -0.1) is 10.2 Å². The van der Waals surface area contributed by atoms with Crippen LogP contribution in [0, 0.1) is 0 Å². The van der Waals surface area contributed by atoms with Crippen LogP contribution in [-0.2, 0) is 0 Å². The van der Waals surface area contributed by atoms with Crippen LogP contribution in [0.5, 0.6) is 0 Å². The smallest absolute Gasteiger partial charge is 0.349 e. The number of furan rings is 1. The SMILES string of the molecule is O=c1oc(=O)c2c1ccc1nnc12. The summed E-state index contributed by atoms with van der Waals surface area (Å²) < 4.78 is 4.42. The summed E-state index contributed by atoms with van der Waals surface area (Å²) >= 11 is 0. The largest absolute Gasteiger partial charge is 0.386 e.